The summed E-state index contributed by atoms with van der Waals surface area (Å²) < 4.78 is 16.1. The smallest absolute Gasteiger partial charge is 0.306 e. The van der Waals surface area contributed by atoms with Crippen LogP contribution >= 0.6 is 23.7 Å². The number of carbonyl (C=O) groups excluding carboxylic acids is 1. The van der Waals surface area contributed by atoms with E-state index in [2.05, 4.69) is 15.9 Å². The molecule has 0 saturated carbocycles. The first-order valence-electron chi connectivity index (χ1n) is 4.94. The van der Waals surface area contributed by atoms with Crippen LogP contribution in [0.4, 0.5) is 0 Å². The van der Waals surface area contributed by atoms with Crippen LogP contribution in [0.5, 0.6) is 0 Å². The molecule has 0 radical (unpaired) electrons. The number of carbonyl (C=O) groups is 1. The maximum absolute atomic E-state index is 11.4. The van der Waals surface area contributed by atoms with Crippen molar-refractivity contribution in [1.29, 1.82) is 0 Å². The van der Waals surface area contributed by atoms with Gasteiger partial charge in [0.05, 0.1) is 20.8 Å². The molecule has 0 aromatic carbocycles. The maximum Gasteiger partial charge on any atom is 0.306 e. The van der Waals surface area contributed by atoms with Crippen molar-refractivity contribution in [1.82, 2.24) is 0 Å². The normalized spacial score (nSPS) is 12.4. The fourth-order valence-corrected chi connectivity index (χ4v) is 2.79. The van der Waals surface area contributed by atoms with Crippen molar-refractivity contribution < 1.29 is 14.1 Å². The quantitative estimate of drug-likeness (QED) is 0.298. The van der Waals surface area contributed by atoms with Gasteiger partial charge in [0, 0.05) is 11.5 Å². The Morgan fingerprint density at radius 1 is 1.36 bits per heavy atom. The average molecular weight is 285 g/mol. The zero-order chi connectivity index (χ0) is 10.8. The van der Waals surface area contributed by atoms with Gasteiger partial charge in [0.1, 0.15) is 0 Å². The summed E-state index contributed by atoms with van der Waals surface area (Å²) in [5.74, 6) is -0.230. The molecule has 0 fully saturated rings. The van der Waals surface area contributed by atoms with E-state index in [1.165, 1.54) is 0 Å². The van der Waals surface area contributed by atoms with Crippen LogP contribution in [0.3, 0.4) is 0 Å². The highest BCUT2D eigenvalue weighted by atomic mass is 79.9. The average Bonchev–Trinajstić information content (AvgIpc) is 2.16. The molecule has 0 aliphatic carbocycles. The highest BCUT2D eigenvalue weighted by molar-refractivity contribution is 9.09. The van der Waals surface area contributed by atoms with E-state index in [1.54, 1.807) is 6.92 Å². The number of alkyl halides is 1. The van der Waals surface area contributed by atoms with Crippen molar-refractivity contribution >= 4 is 29.7 Å². The van der Waals surface area contributed by atoms with Crippen LogP contribution in [0, 0.1) is 0 Å². The first-order chi connectivity index (χ1) is 6.70. The van der Waals surface area contributed by atoms with E-state index < -0.39 is 7.80 Å². The molecular weight excluding hydrogens is 267 g/mol. The first-order valence-corrected chi connectivity index (χ1v) is 7.88. The molecule has 0 spiro atoms. The van der Waals surface area contributed by atoms with E-state index in [0.717, 1.165) is 24.3 Å². The number of hydrogen-bond acceptors (Lipinski definition) is 3. The second-order valence-corrected chi connectivity index (χ2v) is 5.86. The Kier molecular flexibility index (Phi) is 9.85. The molecule has 0 aliphatic rings. The Morgan fingerprint density at radius 3 is 2.64 bits per heavy atom. The van der Waals surface area contributed by atoms with E-state index in [-0.39, 0.29) is 5.97 Å². The van der Waals surface area contributed by atoms with Crippen LogP contribution < -0.4 is 0 Å². The molecule has 14 heavy (non-hydrogen) atoms. The maximum atomic E-state index is 11.4. The van der Waals surface area contributed by atoms with Crippen LogP contribution in [0.1, 0.15) is 26.2 Å². The van der Waals surface area contributed by atoms with Gasteiger partial charge in [-0.1, -0.05) is 15.9 Å². The van der Waals surface area contributed by atoms with E-state index in [1.807, 2.05) is 0 Å². The highest BCUT2D eigenvalue weighted by Gasteiger charge is 2.05. The van der Waals surface area contributed by atoms with Gasteiger partial charge in [-0.15, -0.1) is 0 Å². The third kappa shape index (κ3) is 8.76. The summed E-state index contributed by atoms with van der Waals surface area (Å²) in [6.07, 6.45) is 3.60. The number of ether oxygens (including phenoxy) is 1. The van der Waals surface area contributed by atoms with Gasteiger partial charge in [-0.2, -0.15) is 0 Å². The topological polar surface area (TPSA) is 43.4 Å². The zero-order valence-electron chi connectivity index (χ0n) is 8.55. The van der Waals surface area contributed by atoms with Crippen molar-refractivity contribution in [3.8, 4) is 0 Å². The predicted molar refractivity (Wildman–Crippen MR) is 63.0 cm³/mol. The van der Waals surface area contributed by atoms with Crippen molar-refractivity contribution in [2.45, 2.75) is 26.2 Å². The minimum absolute atomic E-state index is 0.230. The molecule has 1 unspecified atom stereocenters. The zero-order valence-corrected chi connectivity index (χ0v) is 11.1. The number of hydrogen-bond donors (Lipinski definition) is 0. The summed E-state index contributed by atoms with van der Waals surface area (Å²) in [5, 5.41) is 0.958. The Hall–Kier alpha value is 0.180. The number of rotatable bonds is 8. The number of unbranched alkanes of at least 4 members (excludes halogenated alkanes) is 1. The van der Waals surface area contributed by atoms with Gasteiger partial charge in [0.25, 0.3) is 0 Å². The molecule has 0 saturated heterocycles. The van der Waals surface area contributed by atoms with Crippen LogP contribution in [0.15, 0.2) is 0 Å². The molecule has 0 rings (SSSR count). The third-order valence-electron chi connectivity index (χ3n) is 1.75. The highest BCUT2D eigenvalue weighted by Crippen LogP contribution is 2.23. The minimum atomic E-state index is -1.55. The molecule has 1 atom stereocenters. The van der Waals surface area contributed by atoms with Gasteiger partial charge < -0.3 is 9.30 Å². The van der Waals surface area contributed by atoms with Gasteiger partial charge in [0.2, 0.25) is 0 Å². The summed E-state index contributed by atoms with van der Waals surface area (Å²) in [5.41, 5.74) is 0. The lowest BCUT2D eigenvalue weighted by Gasteiger charge is -2.02. The molecule has 0 amide bonds. The second kappa shape index (κ2) is 9.72. The Balaban J connectivity index is 3.39. The van der Waals surface area contributed by atoms with Crippen LogP contribution in [0.2, 0.25) is 0 Å². The van der Waals surface area contributed by atoms with Gasteiger partial charge in [-0.05, 0) is 25.9 Å². The van der Waals surface area contributed by atoms with Crippen molar-refractivity contribution in [2.24, 2.45) is 0 Å². The molecule has 0 aromatic rings. The molecule has 0 N–H and O–H groups in total. The second-order valence-electron chi connectivity index (χ2n) is 2.99. The summed E-state index contributed by atoms with van der Waals surface area (Å²) in [7, 11) is -1.55. The largest absolute Gasteiger partial charge is 0.466 e. The summed E-state index contributed by atoms with van der Waals surface area (Å²) in [4.78, 5) is 10.9. The lowest BCUT2D eigenvalue weighted by Crippen LogP contribution is -2.04. The van der Waals surface area contributed by atoms with E-state index in [0.29, 0.717) is 19.2 Å². The van der Waals surface area contributed by atoms with Crippen molar-refractivity contribution in [3.63, 3.8) is 0 Å². The molecule has 5 heteroatoms. The lowest BCUT2D eigenvalue weighted by atomic mass is 10.4. The molecule has 0 bridgehead atoms. The SMILES string of the molecule is CCOC(=O)CC[PH](=O)CCCCBr. The molecular formula is C9H18BrO3P. The molecule has 0 heterocycles. The Labute approximate surface area is 94.5 Å². The monoisotopic (exact) mass is 284 g/mol. The van der Waals surface area contributed by atoms with Crippen LogP contribution in [-0.2, 0) is 14.1 Å². The van der Waals surface area contributed by atoms with E-state index >= 15 is 0 Å². The van der Waals surface area contributed by atoms with E-state index in [9.17, 15) is 9.36 Å². The van der Waals surface area contributed by atoms with Gasteiger partial charge >= 0.3 is 5.97 Å². The van der Waals surface area contributed by atoms with Crippen LogP contribution in [-0.4, -0.2) is 30.2 Å². The van der Waals surface area contributed by atoms with Gasteiger partial charge in [-0.3, -0.25) is 4.79 Å². The summed E-state index contributed by atoms with van der Waals surface area (Å²) in [6.45, 7) is 2.18. The van der Waals surface area contributed by atoms with Crippen molar-refractivity contribution in [3.05, 3.63) is 0 Å². The Morgan fingerprint density at radius 2 is 2.07 bits per heavy atom. The third-order valence-corrected chi connectivity index (χ3v) is 4.03. The number of esters is 1. The predicted octanol–water partition coefficient (Wildman–Crippen LogP) is 2.67. The van der Waals surface area contributed by atoms with Crippen molar-refractivity contribution in [2.75, 3.05) is 24.3 Å². The van der Waals surface area contributed by atoms with E-state index in [4.69, 9.17) is 4.74 Å². The van der Waals surface area contributed by atoms with Gasteiger partial charge in [0.15, 0.2) is 0 Å². The number of halogens is 1. The summed E-state index contributed by atoms with van der Waals surface area (Å²) >= 11 is 3.32. The minimum Gasteiger partial charge on any atom is -0.466 e. The fraction of sp³-hybridized carbons (Fsp3) is 0.889. The lowest BCUT2D eigenvalue weighted by molar-refractivity contribution is -0.142. The standard InChI is InChI=1S/C9H18BrO3P/c1-2-13-9(11)5-8-14(12)7-4-3-6-10/h14H,2-8H2,1H3. The molecule has 0 aromatic heterocycles. The molecule has 0 aliphatic heterocycles. The fourth-order valence-electron chi connectivity index (χ4n) is 1.02. The van der Waals surface area contributed by atoms with Gasteiger partial charge in [-0.25, -0.2) is 0 Å². The Bertz CT molecular complexity index is 185. The summed E-state index contributed by atoms with van der Waals surface area (Å²) in [6, 6.07) is 0. The first kappa shape index (κ1) is 14.2. The molecule has 84 valence electrons. The molecule has 3 nitrogen and oxygen atoms in total. The van der Waals surface area contributed by atoms with Crippen LogP contribution in [0.25, 0.3) is 0 Å².